The van der Waals surface area contributed by atoms with Crippen LogP contribution in [0.2, 0.25) is 0 Å². The van der Waals surface area contributed by atoms with Gasteiger partial charge < -0.3 is 10.6 Å². The molecule has 1 atom stereocenters. The van der Waals surface area contributed by atoms with Crippen molar-refractivity contribution in [2.75, 3.05) is 23.7 Å². The first-order chi connectivity index (χ1) is 10.0. The van der Waals surface area contributed by atoms with Gasteiger partial charge in [-0.25, -0.2) is 9.97 Å². The standard InChI is InChI=1S/C17H30N4/c1-5-7-15-19-16(18)13(4)17(20-15)21-10-6-8-14(9-11-21)12(2)3/h12,14H,5-11H2,1-4H3,(H2,18,19,20). The molecule has 21 heavy (non-hydrogen) atoms. The van der Waals surface area contributed by atoms with Gasteiger partial charge in [0.15, 0.2) is 0 Å². The Labute approximate surface area is 129 Å². The van der Waals surface area contributed by atoms with Crippen LogP contribution in [0, 0.1) is 18.8 Å². The molecule has 0 aromatic carbocycles. The molecule has 0 saturated carbocycles. The highest BCUT2D eigenvalue weighted by molar-refractivity contribution is 5.56. The smallest absolute Gasteiger partial charge is 0.137 e. The first-order valence-corrected chi connectivity index (χ1v) is 8.40. The summed E-state index contributed by atoms with van der Waals surface area (Å²) in [6, 6.07) is 0. The molecule has 4 nitrogen and oxygen atoms in total. The molecule has 0 radical (unpaired) electrons. The Hall–Kier alpha value is -1.32. The number of aromatic nitrogens is 2. The van der Waals surface area contributed by atoms with Crippen LogP contribution in [0.15, 0.2) is 0 Å². The average Bonchev–Trinajstić information content (AvgIpc) is 2.69. The van der Waals surface area contributed by atoms with Gasteiger partial charge in [0.25, 0.3) is 0 Å². The molecule has 2 heterocycles. The number of hydrogen-bond acceptors (Lipinski definition) is 4. The van der Waals surface area contributed by atoms with Gasteiger partial charge in [-0.15, -0.1) is 0 Å². The molecule has 1 aliphatic heterocycles. The van der Waals surface area contributed by atoms with Crippen LogP contribution in [0.5, 0.6) is 0 Å². The van der Waals surface area contributed by atoms with E-state index in [9.17, 15) is 0 Å². The summed E-state index contributed by atoms with van der Waals surface area (Å²) in [5.74, 6) is 4.21. The second kappa shape index (κ2) is 7.10. The van der Waals surface area contributed by atoms with Crippen LogP contribution in [-0.4, -0.2) is 23.1 Å². The summed E-state index contributed by atoms with van der Waals surface area (Å²) < 4.78 is 0. The number of nitrogens with two attached hydrogens (primary N) is 1. The molecular formula is C17H30N4. The Morgan fingerprint density at radius 1 is 1.24 bits per heavy atom. The van der Waals surface area contributed by atoms with Crippen molar-refractivity contribution in [2.45, 2.75) is 59.8 Å². The second-order valence-corrected chi connectivity index (χ2v) is 6.65. The van der Waals surface area contributed by atoms with Crippen molar-refractivity contribution in [3.8, 4) is 0 Å². The van der Waals surface area contributed by atoms with Gasteiger partial charge in [0, 0.05) is 25.1 Å². The predicted molar refractivity (Wildman–Crippen MR) is 89.6 cm³/mol. The molecular weight excluding hydrogens is 260 g/mol. The number of hydrogen-bond donors (Lipinski definition) is 1. The number of rotatable bonds is 4. The molecule has 118 valence electrons. The fourth-order valence-electron chi connectivity index (χ4n) is 3.21. The zero-order valence-electron chi connectivity index (χ0n) is 14.0. The van der Waals surface area contributed by atoms with Crippen LogP contribution in [-0.2, 0) is 6.42 Å². The van der Waals surface area contributed by atoms with Gasteiger partial charge in [-0.2, -0.15) is 0 Å². The van der Waals surface area contributed by atoms with Gasteiger partial charge in [-0.1, -0.05) is 20.8 Å². The highest BCUT2D eigenvalue weighted by Crippen LogP contribution is 2.29. The lowest BCUT2D eigenvalue weighted by Crippen LogP contribution is -2.27. The van der Waals surface area contributed by atoms with E-state index in [1.165, 1.54) is 19.3 Å². The molecule has 1 aliphatic rings. The molecule has 1 fully saturated rings. The lowest BCUT2D eigenvalue weighted by molar-refractivity contribution is 0.351. The van der Waals surface area contributed by atoms with Crippen LogP contribution in [0.3, 0.4) is 0 Å². The summed E-state index contributed by atoms with van der Waals surface area (Å²) >= 11 is 0. The maximum absolute atomic E-state index is 6.10. The predicted octanol–water partition coefficient (Wildman–Crippen LogP) is 3.58. The van der Waals surface area contributed by atoms with Crippen LogP contribution in [0.25, 0.3) is 0 Å². The normalized spacial score (nSPS) is 19.9. The van der Waals surface area contributed by atoms with Crippen molar-refractivity contribution in [2.24, 2.45) is 11.8 Å². The maximum Gasteiger partial charge on any atom is 0.137 e. The van der Waals surface area contributed by atoms with Crippen LogP contribution < -0.4 is 10.6 Å². The van der Waals surface area contributed by atoms with Gasteiger partial charge in [-0.05, 0) is 44.4 Å². The van der Waals surface area contributed by atoms with Crippen molar-refractivity contribution in [1.82, 2.24) is 9.97 Å². The van der Waals surface area contributed by atoms with E-state index in [0.29, 0.717) is 5.82 Å². The summed E-state index contributed by atoms with van der Waals surface area (Å²) in [7, 11) is 0. The van der Waals surface area contributed by atoms with E-state index in [-0.39, 0.29) is 0 Å². The third-order valence-electron chi connectivity index (χ3n) is 4.69. The molecule has 1 unspecified atom stereocenters. The Morgan fingerprint density at radius 3 is 2.67 bits per heavy atom. The lowest BCUT2D eigenvalue weighted by atomic mass is 9.89. The van der Waals surface area contributed by atoms with E-state index in [4.69, 9.17) is 10.7 Å². The second-order valence-electron chi connectivity index (χ2n) is 6.65. The first-order valence-electron chi connectivity index (χ1n) is 8.40. The van der Waals surface area contributed by atoms with Gasteiger partial charge in [0.2, 0.25) is 0 Å². The van der Waals surface area contributed by atoms with Gasteiger partial charge in [0.05, 0.1) is 0 Å². The van der Waals surface area contributed by atoms with Gasteiger partial charge in [-0.3, -0.25) is 0 Å². The highest BCUT2D eigenvalue weighted by atomic mass is 15.2. The van der Waals surface area contributed by atoms with Crippen molar-refractivity contribution in [1.29, 1.82) is 0 Å². The minimum Gasteiger partial charge on any atom is -0.383 e. The zero-order chi connectivity index (χ0) is 15.4. The average molecular weight is 290 g/mol. The number of nitrogens with zero attached hydrogens (tertiary/aromatic N) is 3. The summed E-state index contributed by atoms with van der Waals surface area (Å²) in [6.45, 7) is 11.1. The van der Waals surface area contributed by atoms with E-state index < -0.39 is 0 Å². The number of anilines is 2. The minimum atomic E-state index is 0.646. The SMILES string of the molecule is CCCc1nc(N)c(C)c(N2CCCC(C(C)C)CC2)n1. The molecule has 0 bridgehead atoms. The van der Waals surface area contributed by atoms with E-state index >= 15 is 0 Å². The van der Waals surface area contributed by atoms with Crippen molar-refractivity contribution >= 4 is 11.6 Å². The van der Waals surface area contributed by atoms with Gasteiger partial charge in [0.1, 0.15) is 17.5 Å². The number of aryl methyl sites for hydroxylation is 1. The Morgan fingerprint density at radius 2 is 2.00 bits per heavy atom. The van der Waals surface area contributed by atoms with E-state index in [1.54, 1.807) is 0 Å². The maximum atomic E-state index is 6.10. The van der Waals surface area contributed by atoms with E-state index in [2.05, 4.69) is 30.7 Å². The largest absolute Gasteiger partial charge is 0.383 e. The Balaban J connectivity index is 2.20. The molecule has 1 aromatic heterocycles. The molecule has 0 spiro atoms. The Bertz CT molecular complexity index is 470. The third kappa shape index (κ3) is 3.86. The molecule has 0 amide bonds. The summed E-state index contributed by atoms with van der Waals surface area (Å²) in [6.07, 6.45) is 5.78. The summed E-state index contributed by atoms with van der Waals surface area (Å²) in [5, 5.41) is 0. The van der Waals surface area contributed by atoms with Crippen molar-refractivity contribution in [3.63, 3.8) is 0 Å². The first kappa shape index (κ1) is 16.1. The topological polar surface area (TPSA) is 55.0 Å². The summed E-state index contributed by atoms with van der Waals surface area (Å²) in [5.41, 5.74) is 7.13. The monoisotopic (exact) mass is 290 g/mol. The van der Waals surface area contributed by atoms with E-state index in [0.717, 1.165) is 55.0 Å². The molecule has 2 N–H and O–H groups in total. The van der Waals surface area contributed by atoms with E-state index in [1.807, 2.05) is 6.92 Å². The van der Waals surface area contributed by atoms with Crippen molar-refractivity contribution < 1.29 is 0 Å². The molecule has 2 rings (SSSR count). The summed E-state index contributed by atoms with van der Waals surface area (Å²) in [4.78, 5) is 11.6. The minimum absolute atomic E-state index is 0.646. The fourth-order valence-corrected chi connectivity index (χ4v) is 3.21. The quantitative estimate of drug-likeness (QED) is 0.921. The molecule has 1 saturated heterocycles. The fraction of sp³-hybridized carbons (Fsp3) is 0.765. The van der Waals surface area contributed by atoms with Crippen LogP contribution in [0.4, 0.5) is 11.6 Å². The van der Waals surface area contributed by atoms with Crippen LogP contribution in [0.1, 0.15) is 57.8 Å². The third-order valence-corrected chi connectivity index (χ3v) is 4.69. The molecule has 4 heteroatoms. The molecule has 1 aromatic rings. The molecule has 0 aliphatic carbocycles. The number of nitrogen functional groups attached to an aromatic ring is 1. The van der Waals surface area contributed by atoms with Gasteiger partial charge >= 0.3 is 0 Å². The van der Waals surface area contributed by atoms with Crippen molar-refractivity contribution in [3.05, 3.63) is 11.4 Å². The Kier molecular flexibility index (Phi) is 5.43. The zero-order valence-corrected chi connectivity index (χ0v) is 14.0. The highest BCUT2D eigenvalue weighted by Gasteiger charge is 2.22. The lowest BCUT2D eigenvalue weighted by Gasteiger charge is -2.25. The van der Waals surface area contributed by atoms with Crippen LogP contribution >= 0.6 is 0 Å².